The molecule has 1 rings (SSSR count). The van der Waals surface area contributed by atoms with Crippen LogP contribution in [0.1, 0.15) is 27.7 Å². The largest absolute Gasteiger partial charge is 0.397 e. The summed E-state index contributed by atoms with van der Waals surface area (Å²) in [7, 11) is 0. The molecule has 0 aromatic rings. The summed E-state index contributed by atoms with van der Waals surface area (Å²) in [5.41, 5.74) is 11.4. The van der Waals surface area contributed by atoms with Crippen LogP contribution in [0.3, 0.4) is 0 Å². The predicted octanol–water partition coefficient (Wildman–Crippen LogP) is 1.34. The Morgan fingerprint density at radius 2 is 1.75 bits per heavy atom. The van der Waals surface area contributed by atoms with Crippen molar-refractivity contribution in [1.82, 2.24) is 0 Å². The molecule has 0 spiro atoms. The Balaban J connectivity index is 3.13. The van der Waals surface area contributed by atoms with Crippen molar-refractivity contribution >= 4 is 0 Å². The quantitative estimate of drug-likeness (QED) is 0.572. The maximum Gasteiger partial charge on any atom is 0.167 e. The molecule has 4 nitrogen and oxygen atoms in total. The molecule has 0 saturated heterocycles. The zero-order valence-electron chi connectivity index (χ0n) is 8.05. The van der Waals surface area contributed by atoms with Gasteiger partial charge in [-0.2, -0.15) is 5.11 Å². The molecule has 0 fully saturated rings. The van der Waals surface area contributed by atoms with Gasteiger partial charge in [-0.1, -0.05) is 20.8 Å². The number of rotatable bonds is 0. The van der Waals surface area contributed by atoms with Crippen molar-refractivity contribution in [3.63, 3.8) is 0 Å². The maximum absolute atomic E-state index is 5.81. The second-order valence-electron chi connectivity index (χ2n) is 4.32. The predicted molar refractivity (Wildman–Crippen MR) is 48.1 cm³/mol. The van der Waals surface area contributed by atoms with Gasteiger partial charge >= 0.3 is 0 Å². The third-order valence-corrected chi connectivity index (χ3v) is 2.62. The van der Waals surface area contributed by atoms with E-state index >= 15 is 0 Å². The van der Waals surface area contributed by atoms with Crippen molar-refractivity contribution in [3.8, 4) is 0 Å². The fourth-order valence-electron chi connectivity index (χ4n) is 1.06. The smallest absolute Gasteiger partial charge is 0.167 e. The van der Waals surface area contributed by atoms with Crippen LogP contribution in [0, 0.1) is 5.41 Å². The van der Waals surface area contributed by atoms with Crippen LogP contribution >= 0.6 is 0 Å². The summed E-state index contributed by atoms with van der Waals surface area (Å²) in [5, 5.41) is 7.90. The van der Waals surface area contributed by atoms with Gasteiger partial charge in [0.2, 0.25) is 0 Å². The first-order chi connectivity index (χ1) is 5.29. The van der Waals surface area contributed by atoms with Gasteiger partial charge in [0.15, 0.2) is 5.82 Å². The molecule has 1 aliphatic rings. The topological polar surface area (TPSA) is 76.8 Å². The first-order valence-corrected chi connectivity index (χ1v) is 3.97. The van der Waals surface area contributed by atoms with Crippen LogP contribution in [0.5, 0.6) is 0 Å². The van der Waals surface area contributed by atoms with E-state index in [1.165, 1.54) is 0 Å². The fraction of sp³-hybridized carbons (Fsp3) is 0.750. The summed E-state index contributed by atoms with van der Waals surface area (Å²) in [6, 6.07) is 0. The van der Waals surface area contributed by atoms with Crippen LogP contribution in [-0.2, 0) is 0 Å². The average Bonchev–Trinajstić information content (AvgIpc) is 2.16. The molecule has 0 saturated carbocycles. The Morgan fingerprint density at radius 3 is 1.92 bits per heavy atom. The Bertz CT molecular complexity index is 259. The van der Waals surface area contributed by atoms with E-state index in [9.17, 15) is 0 Å². The molecule has 0 aliphatic carbocycles. The van der Waals surface area contributed by atoms with Gasteiger partial charge in [0.05, 0.1) is 5.70 Å². The number of azo groups is 1. The number of nitrogens with zero attached hydrogens (tertiary/aromatic N) is 2. The number of hydrogen-bond donors (Lipinski definition) is 2. The highest BCUT2D eigenvalue weighted by Crippen LogP contribution is 2.41. The molecule has 0 radical (unpaired) electrons. The molecule has 0 aromatic carbocycles. The van der Waals surface area contributed by atoms with Crippen LogP contribution in [0.25, 0.3) is 0 Å². The summed E-state index contributed by atoms with van der Waals surface area (Å²) < 4.78 is 0. The monoisotopic (exact) mass is 168 g/mol. The Hall–Kier alpha value is -1.06. The molecule has 0 bridgehead atoms. The first-order valence-electron chi connectivity index (χ1n) is 3.97. The molecule has 68 valence electrons. The van der Waals surface area contributed by atoms with Crippen molar-refractivity contribution in [2.75, 3.05) is 0 Å². The van der Waals surface area contributed by atoms with E-state index in [0.717, 1.165) is 0 Å². The first kappa shape index (κ1) is 9.03. The second-order valence-corrected chi connectivity index (χ2v) is 4.32. The molecule has 1 aliphatic heterocycles. The van der Waals surface area contributed by atoms with Crippen LogP contribution in [0.2, 0.25) is 0 Å². The van der Waals surface area contributed by atoms with E-state index in [-0.39, 0.29) is 5.41 Å². The lowest BCUT2D eigenvalue weighted by molar-refractivity contribution is 0.247. The fourth-order valence-corrected chi connectivity index (χ4v) is 1.06. The number of hydrogen-bond acceptors (Lipinski definition) is 4. The second kappa shape index (κ2) is 2.21. The molecule has 0 aromatic heterocycles. The van der Waals surface area contributed by atoms with Crippen LogP contribution < -0.4 is 11.5 Å². The van der Waals surface area contributed by atoms with Crippen molar-refractivity contribution in [2.24, 2.45) is 27.1 Å². The van der Waals surface area contributed by atoms with Gasteiger partial charge in [0.1, 0.15) is 5.54 Å². The van der Waals surface area contributed by atoms with E-state index in [1.807, 2.05) is 6.92 Å². The van der Waals surface area contributed by atoms with Gasteiger partial charge in [-0.25, -0.2) is 0 Å². The van der Waals surface area contributed by atoms with Crippen LogP contribution in [0.15, 0.2) is 21.7 Å². The summed E-state index contributed by atoms with van der Waals surface area (Å²) in [5.74, 6) is 0.354. The Morgan fingerprint density at radius 1 is 1.25 bits per heavy atom. The van der Waals surface area contributed by atoms with Gasteiger partial charge < -0.3 is 11.5 Å². The molecular formula is C8H16N4. The highest BCUT2D eigenvalue weighted by molar-refractivity contribution is 5.27. The van der Waals surface area contributed by atoms with E-state index in [4.69, 9.17) is 11.5 Å². The minimum absolute atomic E-state index is 0.0539. The van der Waals surface area contributed by atoms with Gasteiger partial charge in [-0.15, -0.1) is 5.11 Å². The minimum Gasteiger partial charge on any atom is -0.397 e. The zero-order chi connectivity index (χ0) is 9.57. The van der Waals surface area contributed by atoms with Crippen molar-refractivity contribution in [2.45, 2.75) is 33.2 Å². The Labute approximate surface area is 72.7 Å². The van der Waals surface area contributed by atoms with E-state index in [2.05, 4.69) is 31.0 Å². The van der Waals surface area contributed by atoms with Crippen LogP contribution in [-0.4, -0.2) is 5.54 Å². The van der Waals surface area contributed by atoms with E-state index in [0.29, 0.717) is 11.5 Å². The van der Waals surface area contributed by atoms with Gasteiger partial charge in [0, 0.05) is 0 Å². The minimum atomic E-state index is -0.447. The molecule has 12 heavy (non-hydrogen) atoms. The van der Waals surface area contributed by atoms with E-state index in [1.54, 1.807) is 0 Å². The number of nitrogens with two attached hydrogens (primary N) is 2. The van der Waals surface area contributed by atoms with Crippen molar-refractivity contribution in [3.05, 3.63) is 11.5 Å². The standard InChI is InChI=1S/C8H16N4/c1-7(2,3)8(4)5(9)6(10)11-12-8/h9-10H2,1-4H3. The summed E-state index contributed by atoms with van der Waals surface area (Å²) in [6.07, 6.45) is 0. The van der Waals surface area contributed by atoms with Gasteiger partial charge in [0.25, 0.3) is 0 Å². The van der Waals surface area contributed by atoms with Gasteiger partial charge in [-0.05, 0) is 12.3 Å². The highest BCUT2D eigenvalue weighted by Gasteiger charge is 2.44. The van der Waals surface area contributed by atoms with E-state index < -0.39 is 5.54 Å². The lowest BCUT2D eigenvalue weighted by atomic mass is 9.74. The normalized spacial score (nSPS) is 30.0. The highest BCUT2D eigenvalue weighted by atomic mass is 15.3. The molecule has 4 N–H and O–H groups in total. The van der Waals surface area contributed by atoms with Crippen molar-refractivity contribution < 1.29 is 0 Å². The SMILES string of the molecule is CC(C)(C)C1(C)N=NC(N)=C1N. The van der Waals surface area contributed by atoms with Gasteiger partial charge in [-0.3, -0.25) is 0 Å². The molecule has 1 heterocycles. The third-order valence-electron chi connectivity index (χ3n) is 2.62. The lowest BCUT2D eigenvalue weighted by Crippen LogP contribution is -2.41. The van der Waals surface area contributed by atoms with Crippen molar-refractivity contribution in [1.29, 1.82) is 0 Å². The summed E-state index contributed by atoms with van der Waals surface area (Å²) in [4.78, 5) is 0. The lowest BCUT2D eigenvalue weighted by Gasteiger charge is -2.34. The molecule has 4 heteroatoms. The molecule has 1 unspecified atom stereocenters. The molecule has 0 amide bonds. The Kier molecular flexibility index (Phi) is 1.67. The van der Waals surface area contributed by atoms with Crippen LogP contribution in [0.4, 0.5) is 0 Å². The third kappa shape index (κ3) is 0.983. The summed E-state index contributed by atoms with van der Waals surface area (Å²) >= 11 is 0. The average molecular weight is 168 g/mol. The maximum atomic E-state index is 5.81. The zero-order valence-corrected chi connectivity index (χ0v) is 8.05. The summed E-state index contributed by atoms with van der Waals surface area (Å²) in [6.45, 7) is 8.15. The molecule has 1 atom stereocenters. The molecular weight excluding hydrogens is 152 g/mol.